The van der Waals surface area contributed by atoms with E-state index >= 15 is 0 Å². The van der Waals surface area contributed by atoms with Gasteiger partial charge < -0.3 is 11.1 Å². The number of carbonyl (C=O) groups is 1. The predicted octanol–water partition coefficient (Wildman–Crippen LogP) is 1.70. The summed E-state index contributed by atoms with van der Waals surface area (Å²) in [6.07, 6.45) is 3.42. The number of hydrogen-bond donors (Lipinski definition) is 3. The summed E-state index contributed by atoms with van der Waals surface area (Å²) < 4.78 is 0. The summed E-state index contributed by atoms with van der Waals surface area (Å²) in [4.78, 5) is 12.2. The van der Waals surface area contributed by atoms with Gasteiger partial charge in [0.05, 0.1) is 0 Å². The molecule has 0 spiro atoms. The summed E-state index contributed by atoms with van der Waals surface area (Å²) in [5, 5.41) is 10.2. The number of aryl methyl sites for hydroxylation is 1. The summed E-state index contributed by atoms with van der Waals surface area (Å²) in [5.41, 5.74) is 6.91. The molecule has 2 rings (SSSR count). The molecule has 1 aliphatic carbocycles. The molecule has 0 aromatic carbocycles. The highest BCUT2D eigenvalue weighted by atomic mass is 32.2. The maximum Gasteiger partial charge on any atom is 0.257 e. The van der Waals surface area contributed by atoms with Crippen LogP contribution in [0.5, 0.6) is 0 Å². The number of hydrogen-bond acceptors (Lipinski definition) is 4. The third-order valence-electron chi connectivity index (χ3n) is 3.35. The van der Waals surface area contributed by atoms with Crippen LogP contribution in [0.4, 0.5) is 5.82 Å². The Labute approximate surface area is 111 Å². The Morgan fingerprint density at radius 2 is 2.39 bits per heavy atom. The Morgan fingerprint density at radius 3 is 3.00 bits per heavy atom. The van der Waals surface area contributed by atoms with Gasteiger partial charge in [0, 0.05) is 17.0 Å². The number of rotatable bonds is 4. The number of amides is 1. The average Bonchev–Trinajstić information content (AvgIpc) is 2.87. The van der Waals surface area contributed by atoms with Crippen LogP contribution in [0.25, 0.3) is 0 Å². The van der Waals surface area contributed by atoms with Gasteiger partial charge in [0.2, 0.25) is 0 Å². The second kappa shape index (κ2) is 5.65. The van der Waals surface area contributed by atoms with Crippen molar-refractivity contribution >= 4 is 23.5 Å². The minimum absolute atomic E-state index is 0.104. The molecule has 1 aromatic rings. The van der Waals surface area contributed by atoms with Gasteiger partial charge in [-0.05, 0) is 25.5 Å². The van der Waals surface area contributed by atoms with Crippen LogP contribution >= 0.6 is 11.8 Å². The van der Waals surface area contributed by atoms with Gasteiger partial charge in [-0.2, -0.15) is 16.9 Å². The van der Waals surface area contributed by atoms with E-state index in [2.05, 4.69) is 22.4 Å². The first-order valence-corrected chi connectivity index (χ1v) is 7.41. The topological polar surface area (TPSA) is 83.8 Å². The third-order valence-corrected chi connectivity index (χ3v) is 4.68. The Balaban J connectivity index is 2.03. The van der Waals surface area contributed by atoms with Crippen molar-refractivity contribution in [2.75, 3.05) is 11.5 Å². The molecule has 0 saturated heterocycles. The Bertz CT molecular complexity index is 412. The van der Waals surface area contributed by atoms with Crippen molar-refractivity contribution in [3.05, 3.63) is 11.3 Å². The van der Waals surface area contributed by atoms with Crippen LogP contribution in [0.2, 0.25) is 0 Å². The van der Waals surface area contributed by atoms with E-state index in [1.165, 1.54) is 12.8 Å². The number of nitrogens with one attached hydrogen (secondary N) is 2. The summed E-state index contributed by atoms with van der Waals surface area (Å²) in [5.74, 6) is 1.26. The minimum Gasteiger partial charge on any atom is -0.382 e. The second-order valence-corrected chi connectivity index (χ2v) is 6.13. The van der Waals surface area contributed by atoms with E-state index in [0.29, 0.717) is 10.8 Å². The number of aromatic amines is 1. The van der Waals surface area contributed by atoms with E-state index in [1.54, 1.807) is 0 Å². The van der Waals surface area contributed by atoms with E-state index in [4.69, 9.17) is 5.73 Å². The molecule has 6 heteroatoms. The monoisotopic (exact) mass is 268 g/mol. The number of anilines is 1. The van der Waals surface area contributed by atoms with E-state index in [0.717, 1.165) is 17.9 Å². The normalized spacial score (nSPS) is 23.2. The zero-order valence-corrected chi connectivity index (χ0v) is 11.6. The van der Waals surface area contributed by atoms with Gasteiger partial charge in [-0.15, -0.1) is 0 Å². The summed E-state index contributed by atoms with van der Waals surface area (Å²) >= 11 is 1.93. The van der Waals surface area contributed by atoms with Gasteiger partial charge in [0.25, 0.3) is 5.91 Å². The Hall–Kier alpha value is -1.17. The lowest BCUT2D eigenvalue weighted by Crippen LogP contribution is -2.39. The highest BCUT2D eigenvalue weighted by molar-refractivity contribution is 7.99. The third kappa shape index (κ3) is 2.63. The molecule has 0 bridgehead atoms. The quantitative estimate of drug-likeness (QED) is 0.776. The van der Waals surface area contributed by atoms with Crippen molar-refractivity contribution < 1.29 is 4.79 Å². The Kier molecular flexibility index (Phi) is 4.16. The molecule has 18 heavy (non-hydrogen) atoms. The van der Waals surface area contributed by atoms with Gasteiger partial charge in [-0.25, -0.2) is 0 Å². The molecule has 1 heterocycles. The number of aromatic nitrogens is 2. The SMILES string of the molecule is CCSC1CCCC1NC(=O)c1c(N)n[nH]c1C. The van der Waals surface area contributed by atoms with Crippen molar-refractivity contribution in [2.24, 2.45) is 0 Å². The molecule has 5 nitrogen and oxygen atoms in total. The van der Waals surface area contributed by atoms with Crippen LogP contribution in [0.1, 0.15) is 42.2 Å². The molecule has 1 amide bonds. The van der Waals surface area contributed by atoms with Gasteiger partial charge in [0.1, 0.15) is 5.56 Å². The molecule has 1 saturated carbocycles. The van der Waals surface area contributed by atoms with E-state index < -0.39 is 0 Å². The van der Waals surface area contributed by atoms with Crippen molar-refractivity contribution in [3.8, 4) is 0 Å². The maximum atomic E-state index is 12.2. The highest BCUT2D eigenvalue weighted by Crippen LogP contribution is 2.30. The maximum absolute atomic E-state index is 12.2. The largest absolute Gasteiger partial charge is 0.382 e. The molecule has 2 unspecified atom stereocenters. The molecule has 1 fully saturated rings. The number of nitrogen functional groups attached to an aromatic ring is 1. The number of thioether (sulfide) groups is 1. The van der Waals surface area contributed by atoms with E-state index in [-0.39, 0.29) is 17.8 Å². The van der Waals surface area contributed by atoms with Gasteiger partial charge in [0.15, 0.2) is 5.82 Å². The molecule has 1 aromatic heterocycles. The molecule has 4 N–H and O–H groups in total. The lowest BCUT2D eigenvalue weighted by molar-refractivity contribution is 0.0939. The van der Waals surface area contributed by atoms with Crippen molar-refractivity contribution in [3.63, 3.8) is 0 Å². The zero-order valence-electron chi connectivity index (χ0n) is 10.8. The van der Waals surface area contributed by atoms with Crippen molar-refractivity contribution in [1.82, 2.24) is 15.5 Å². The fraction of sp³-hybridized carbons (Fsp3) is 0.667. The Morgan fingerprint density at radius 1 is 1.61 bits per heavy atom. The molecular weight excluding hydrogens is 248 g/mol. The second-order valence-electron chi connectivity index (χ2n) is 4.61. The molecular formula is C12H20N4OS. The first kappa shape index (κ1) is 13.3. The minimum atomic E-state index is -0.104. The summed E-state index contributed by atoms with van der Waals surface area (Å²) in [6, 6.07) is 0.260. The first-order valence-electron chi connectivity index (χ1n) is 6.36. The van der Waals surface area contributed by atoms with Crippen LogP contribution < -0.4 is 11.1 Å². The smallest absolute Gasteiger partial charge is 0.257 e. The summed E-state index contributed by atoms with van der Waals surface area (Å²) in [6.45, 7) is 3.96. The summed E-state index contributed by atoms with van der Waals surface area (Å²) in [7, 11) is 0. The molecule has 2 atom stereocenters. The molecule has 0 aliphatic heterocycles. The van der Waals surface area contributed by atoms with E-state index in [1.807, 2.05) is 18.7 Å². The fourth-order valence-corrected chi connectivity index (χ4v) is 3.68. The number of H-pyrrole nitrogens is 1. The van der Waals surface area contributed by atoms with Gasteiger partial charge in [-0.3, -0.25) is 9.89 Å². The van der Waals surface area contributed by atoms with Gasteiger partial charge in [-0.1, -0.05) is 13.3 Å². The van der Waals surface area contributed by atoms with Crippen LogP contribution in [-0.4, -0.2) is 33.1 Å². The number of nitrogens with zero attached hydrogens (tertiary/aromatic N) is 1. The van der Waals surface area contributed by atoms with Crippen LogP contribution in [0.15, 0.2) is 0 Å². The average molecular weight is 268 g/mol. The van der Waals surface area contributed by atoms with E-state index in [9.17, 15) is 4.79 Å². The van der Waals surface area contributed by atoms with Crippen LogP contribution in [-0.2, 0) is 0 Å². The van der Waals surface area contributed by atoms with Crippen LogP contribution in [0.3, 0.4) is 0 Å². The lowest BCUT2D eigenvalue weighted by atomic mass is 10.2. The zero-order chi connectivity index (χ0) is 13.1. The lowest BCUT2D eigenvalue weighted by Gasteiger charge is -2.20. The standard InChI is InChI=1S/C12H20N4OS/c1-3-18-9-6-4-5-8(9)14-12(17)10-7(2)15-16-11(10)13/h8-9H,3-6H2,1-2H3,(H,14,17)(H3,13,15,16). The number of carbonyl (C=O) groups excluding carboxylic acids is 1. The van der Waals surface area contributed by atoms with Crippen LogP contribution in [0, 0.1) is 6.92 Å². The first-order chi connectivity index (χ1) is 8.63. The van der Waals surface area contributed by atoms with Crippen molar-refractivity contribution in [2.45, 2.75) is 44.4 Å². The predicted molar refractivity (Wildman–Crippen MR) is 74.8 cm³/mol. The highest BCUT2D eigenvalue weighted by Gasteiger charge is 2.29. The molecule has 1 aliphatic rings. The van der Waals surface area contributed by atoms with Crippen molar-refractivity contribution in [1.29, 1.82) is 0 Å². The molecule has 100 valence electrons. The van der Waals surface area contributed by atoms with Gasteiger partial charge >= 0.3 is 0 Å². The number of nitrogens with two attached hydrogens (primary N) is 1. The fourth-order valence-electron chi connectivity index (χ4n) is 2.48. The molecule has 0 radical (unpaired) electrons.